The van der Waals surface area contributed by atoms with Crippen molar-refractivity contribution in [2.75, 3.05) is 19.7 Å². The largest absolute Gasteiger partial charge is 0.394 e. The standard InChI is InChI=1S/C15H22N2O2/c18-11-14(8-12-4-2-1-3-5-12)17-15(19)10-16-9-13-6-7-13/h1-5,13-14,16,18H,6-11H2,(H,17,19)/t14-/m1/s1. The van der Waals surface area contributed by atoms with Crippen molar-refractivity contribution in [1.82, 2.24) is 10.6 Å². The molecular formula is C15H22N2O2. The minimum Gasteiger partial charge on any atom is -0.394 e. The van der Waals surface area contributed by atoms with Crippen LogP contribution in [0.3, 0.4) is 0 Å². The van der Waals surface area contributed by atoms with Crippen LogP contribution in [0.1, 0.15) is 18.4 Å². The lowest BCUT2D eigenvalue weighted by Gasteiger charge is -2.16. The minimum absolute atomic E-state index is 0.0384. The molecule has 0 heterocycles. The Morgan fingerprint density at radius 2 is 2.05 bits per heavy atom. The molecule has 1 aliphatic rings. The molecule has 1 aliphatic carbocycles. The first-order chi connectivity index (χ1) is 9.28. The molecule has 1 aromatic carbocycles. The summed E-state index contributed by atoms with van der Waals surface area (Å²) in [6, 6.07) is 9.67. The van der Waals surface area contributed by atoms with E-state index in [4.69, 9.17) is 0 Å². The number of carbonyl (C=O) groups excluding carboxylic acids is 1. The Morgan fingerprint density at radius 3 is 2.68 bits per heavy atom. The van der Waals surface area contributed by atoms with Gasteiger partial charge in [0.2, 0.25) is 5.91 Å². The van der Waals surface area contributed by atoms with Gasteiger partial charge in [0.25, 0.3) is 0 Å². The maximum Gasteiger partial charge on any atom is 0.234 e. The molecule has 4 nitrogen and oxygen atoms in total. The molecule has 0 bridgehead atoms. The Balaban J connectivity index is 1.69. The molecule has 1 aromatic rings. The molecular weight excluding hydrogens is 240 g/mol. The average molecular weight is 262 g/mol. The van der Waals surface area contributed by atoms with Crippen molar-refractivity contribution in [2.45, 2.75) is 25.3 Å². The summed E-state index contributed by atoms with van der Waals surface area (Å²) in [6.07, 6.45) is 3.22. The molecule has 19 heavy (non-hydrogen) atoms. The fraction of sp³-hybridized carbons (Fsp3) is 0.533. The van der Waals surface area contributed by atoms with Gasteiger partial charge in [-0.25, -0.2) is 0 Å². The van der Waals surface area contributed by atoms with E-state index in [1.165, 1.54) is 12.8 Å². The second kappa shape index (κ2) is 7.26. The van der Waals surface area contributed by atoms with Gasteiger partial charge in [-0.15, -0.1) is 0 Å². The van der Waals surface area contributed by atoms with E-state index in [1.54, 1.807) is 0 Å². The number of amides is 1. The third kappa shape index (κ3) is 5.41. The van der Waals surface area contributed by atoms with Gasteiger partial charge >= 0.3 is 0 Å². The van der Waals surface area contributed by atoms with Crippen LogP contribution in [-0.2, 0) is 11.2 Å². The molecule has 0 unspecified atom stereocenters. The van der Waals surface area contributed by atoms with Crippen LogP contribution in [0.2, 0.25) is 0 Å². The van der Waals surface area contributed by atoms with Crippen LogP contribution in [0, 0.1) is 5.92 Å². The number of carbonyl (C=O) groups is 1. The molecule has 0 aliphatic heterocycles. The fourth-order valence-corrected chi connectivity index (χ4v) is 2.05. The summed E-state index contributed by atoms with van der Waals surface area (Å²) in [6.45, 7) is 1.22. The molecule has 1 saturated carbocycles. The third-order valence-corrected chi connectivity index (χ3v) is 3.33. The van der Waals surface area contributed by atoms with Gasteiger partial charge in [0.05, 0.1) is 19.2 Å². The molecule has 0 spiro atoms. The zero-order chi connectivity index (χ0) is 13.5. The first-order valence-electron chi connectivity index (χ1n) is 6.93. The highest BCUT2D eigenvalue weighted by molar-refractivity contribution is 5.78. The predicted molar refractivity (Wildman–Crippen MR) is 74.8 cm³/mol. The maximum atomic E-state index is 11.7. The molecule has 1 fully saturated rings. The first kappa shape index (κ1) is 14.0. The fourth-order valence-electron chi connectivity index (χ4n) is 2.05. The van der Waals surface area contributed by atoms with Crippen molar-refractivity contribution in [3.63, 3.8) is 0 Å². The summed E-state index contributed by atoms with van der Waals surface area (Å²) >= 11 is 0. The Kier molecular flexibility index (Phi) is 5.36. The van der Waals surface area contributed by atoms with Crippen LogP contribution in [0.4, 0.5) is 0 Å². The molecule has 0 radical (unpaired) electrons. The number of aliphatic hydroxyl groups is 1. The smallest absolute Gasteiger partial charge is 0.234 e. The molecule has 3 N–H and O–H groups in total. The maximum absolute atomic E-state index is 11.7. The van der Waals surface area contributed by atoms with Crippen LogP contribution < -0.4 is 10.6 Å². The summed E-state index contributed by atoms with van der Waals surface area (Å²) in [5, 5.41) is 15.3. The number of aliphatic hydroxyl groups excluding tert-OH is 1. The molecule has 0 aromatic heterocycles. The molecule has 104 valence electrons. The second-order valence-electron chi connectivity index (χ2n) is 5.21. The summed E-state index contributed by atoms with van der Waals surface area (Å²) < 4.78 is 0. The van der Waals surface area contributed by atoms with E-state index in [-0.39, 0.29) is 18.6 Å². The van der Waals surface area contributed by atoms with Crippen LogP contribution in [-0.4, -0.2) is 36.8 Å². The average Bonchev–Trinajstić information content (AvgIpc) is 3.23. The van der Waals surface area contributed by atoms with Crippen molar-refractivity contribution in [2.24, 2.45) is 5.92 Å². The quantitative estimate of drug-likeness (QED) is 0.646. The van der Waals surface area contributed by atoms with E-state index in [1.807, 2.05) is 30.3 Å². The Labute approximate surface area is 114 Å². The van der Waals surface area contributed by atoms with Crippen LogP contribution in [0.25, 0.3) is 0 Å². The van der Waals surface area contributed by atoms with Gasteiger partial charge in [-0.1, -0.05) is 30.3 Å². The number of rotatable bonds is 8. The zero-order valence-corrected chi connectivity index (χ0v) is 11.1. The van der Waals surface area contributed by atoms with Gasteiger partial charge in [0, 0.05) is 0 Å². The molecule has 2 rings (SSSR count). The summed E-state index contributed by atoms with van der Waals surface area (Å²) in [5.41, 5.74) is 1.12. The van der Waals surface area contributed by atoms with Gasteiger partial charge in [-0.05, 0) is 37.3 Å². The number of nitrogens with one attached hydrogen (secondary N) is 2. The van der Waals surface area contributed by atoms with Gasteiger partial charge in [0.15, 0.2) is 0 Å². The van der Waals surface area contributed by atoms with E-state index in [0.29, 0.717) is 13.0 Å². The predicted octanol–water partition coefficient (Wildman–Crippen LogP) is 0.706. The van der Waals surface area contributed by atoms with E-state index in [2.05, 4.69) is 10.6 Å². The lowest BCUT2D eigenvalue weighted by molar-refractivity contribution is -0.121. The third-order valence-electron chi connectivity index (χ3n) is 3.33. The summed E-state index contributed by atoms with van der Waals surface area (Å²) in [7, 11) is 0. The van der Waals surface area contributed by atoms with Crippen LogP contribution in [0.15, 0.2) is 30.3 Å². The topological polar surface area (TPSA) is 61.4 Å². The van der Waals surface area contributed by atoms with E-state index < -0.39 is 0 Å². The molecule has 4 heteroatoms. The SMILES string of the molecule is O=C(CNCC1CC1)N[C@@H](CO)Cc1ccccc1. The van der Waals surface area contributed by atoms with Crippen LogP contribution >= 0.6 is 0 Å². The zero-order valence-electron chi connectivity index (χ0n) is 11.1. The lowest BCUT2D eigenvalue weighted by Crippen LogP contribution is -2.43. The number of hydrogen-bond acceptors (Lipinski definition) is 3. The molecule has 1 atom stereocenters. The van der Waals surface area contributed by atoms with Crippen molar-refractivity contribution >= 4 is 5.91 Å². The highest BCUT2D eigenvalue weighted by Gasteiger charge is 2.20. The lowest BCUT2D eigenvalue weighted by atomic mass is 10.1. The Morgan fingerprint density at radius 1 is 1.32 bits per heavy atom. The number of hydrogen-bond donors (Lipinski definition) is 3. The number of benzene rings is 1. The van der Waals surface area contributed by atoms with Crippen molar-refractivity contribution in [1.29, 1.82) is 0 Å². The van der Waals surface area contributed by atoms with Gasteiger partial charge < -0.3 is 15.7 Å². The van der Waals surface area contributed by atoms with E-state index in [0.717, 1.165) is 18.0 Å². The van der Waals surface area contributed by atoms with Crippen molar-refractivity contribution < 1.29 is 9.90 Å². The van der Waals surface area contributed by atoms with E-state index >= 15 is 0 Å². The second-order valence-corrected chi connectivity index (χ2v) is 5.21. The Hall–Kier alpha value is -1.39. The monoisotopic (exact) mass is 262 g/mol. The Bertz CT molecular complexity index is 390. The first-order valence-corrected chi connectivity index (χ1v) is 6.93. The summed E-state index contributed by atoms with van der Waals surface area (Å²) in [4.78, 5) is 11.7. The highest BCUT2D eigenvalue weighted by atomic mass is 16.3. The molecule has 1 amide bonds. The van der Waals surface area contributed by atoms with E-state index in [9.17, 15) is 9.90 Å². The van der Waals surface area contributed by atoms with Crippen molar-refractivity contribution in [3.05, 3.63) is 35.9 Å². The van der Waals surface area contributed by atoms with Gasteiger partial charge in [-0.2, -0.15) is 0 Å². The van der Waals surface area contributed by atoms with Gasteiger partial charge in [-0.3, -0.25) is 4.79 Å². The van der Waals surface area contributed by atoms with Gasteiger partial charge in [0.1, 0.15) is 0 Å². The highest BCUT2D eigenvalue weighted by Crippen LogP contribution is 2.27. The summed E-state index contributed by atoms with van der Waals surface area (Å²) in [5.74, 6) is 0.724. The normalized spacial score (nSPS) is 16.1. The van der Waals surface area contributed by atoms with Crippen molar-refractivity contribution in [3.8, 4) is 0 Å². The van der Waals surface area contributed by atoms with Crippen LogP contribution in [0.5, 0.6) is 0 Å². The molecule has 0 saturated heterocycles. The minimum atomic E-state index is -0.211.